The van der Waals surface area contributed by atoms with Crippen LogP contribution in [0.5, 0.6) is 11.5 Å². The number of amides is 2. The SMILES string of the molecule is O=C(CCC(=O)Nc1ccccc1Br)N/N=C\c1ccc2c(c1)OCO2. The maximum Gasteiger partial charge on any atom is 0.240 e. The van der Waals surface area contributed by atoms with E-state index in [1.807, 2.05) is 18.2 Å². The first kappa shape index (κ1) is 17.9. The fourth-order valence-corrected chi connectivity index (χ4v) is 2.61. The highest BCUT2D eigenvalue weighted by molar-refractivity contribution is 9.10. The molecule has 0 saturated carbocycles. The summed E-state index contributed by atoms with van der Waals surface area (Å²) >= 11 is 3.35. The lowest BCUT2D eigenvalue weighted by atomic mass is 10.2. The lowest BCUT2D eigenvalue weighted by Crippen LogP contribution is -2.20. The van der Waals surface area contributed by atoms with Crippen molar-refractivity contribution in [2.24, 2.45) is 5.10 Å². The van der Waals surface area contributed by atoms with Gasteiger partial charge in [-0.05, 0) is 51.8 Å². The molecule has 0 spiro atoms. The van der Waals surface area contributed by atoms with Crippen molar-refractivity contribution in [3.8, 4) is 11.5 Å². The van der Waals surface area contributed by atoms with Crippen molar-refractivity contribution in [3.63, 3.8) is 0 Å². The van der Waals surface area contributed by atoms with Gasteiger partial charge in [-0.25, -0.2) is 5.43 Å². The van der Waals surface area contributed by atoms with Gasteiger partial charge >= 0.3 is 0 Å². The van der Waals surface area contributed by atoms with Crippen molar-refractivity contribution in [1.29, 1.82) is 0 Å². The van der Waals surface area contributed by atoms with Gasteiger partial charge in [0.2, 0.25) is 18.6 Å². The quantitative estimate of drug-likeness (QED) is 0.558. The normalized spacial score (nSPS) is 12.2. The van der Waals surface area contributed by atoms with Crippen molar-refractivity contribution < 1.29 is 19.1 Å². The topological polar surface area (TPSA) is 89.0 Å². The lowest BCUT2D eigenvalue weighted by Gasteiger charge is -2.06. The van der Waals surface area contributed by atoms with E-state index in [-0.39, 0.29) is 31.4 Å². The van der Waals surface area contributed by atoms with E-state index in [0.29, 0.717) is 17.2 Å². The van der Waals surface area contributed by atoms with Crippen LogP contribution in [0.1, 0.15) is 18.4 Å². The number of anilines is 1. The lowest BCUT2D eigenvalue weighted by molar-refractivity contribution is -0.124. The minimum atomic E-state index is -0.343. The third-order valence-corrected chi connectivity index (χ3v) is 4.22. The summed E-state index contributed by atoms with van der Waals surface area (Å²) in [4.78, 5) is 23.7. The standard InChI is InChI=1S/C18H16BrN3O4/c19-13-3-1-2-4-14(13)21-17(23)7-8-18(24)22-20-10-12-5-6-15-16(9-12)26-11-25-15/h1-6,9-10H,7-8,11H2,(H,21,23)(H,22,24)/b20-10-. The molecule has 0 bridgehead atoms. The molecule has 2 amide bonds. The molecule has 3 rings (SSSR count). The predicted octanol–water partition coefficient (Wildman–Crippen LogP) is 3.05. The van der Waals surface area contributed by atoms with Crippen LogP contribution in [0.25, 0.3) is 0 Å². The fraction of sp³-hybridized carbons (Fsp3) is 0.167. The first-order valence-corrected chi connectivity index (χ1v) is 8.67. The molecule has 1 aliphatic heterocycles. The first-order chi connectivity index (χ1) is 12.6. The molecule has 0 atom stereocenters. The minimum absolute atomic E-state index is 0.0365. The van der Waals surface area contributed by atoms with E-state index >= 15 is 0 Å². The maximum atomic E-state index is 11.9. The average molecular weight is 418 g/mol. The second-order valence-electron chi connectivity index (χ2n) is 5.43. The number of nitrogens with one attached hydrogen (secondary N) is 2. The summed E-state index contributed by atoms with van der Waals surface area (Å²) in [6.07, 6.45) is 1.60. The van der Waals surface area contributed by atoms with Crippen molar-refractivity contribution in [3.05, 3.63) is 52.5 Å². The molecule has 1 heterocycles. The number of halogens is 1. The van der Waals surface area contributed by atoms with Crippen LogP contribution in [0, 0.1) is 0 Å². The second kappa shape index (κ2) is 8.48. The summed E-state index contributed by atoms with van der Waals surface area (Å²) in [6.45, 7) is 0.203. The Kier molecular flexibility index (Phi) is 5.85. The van der Waals surface area contributed by atoms with Crippen molar-refractivity contribution >= 4 is 39.6 Å². The van der Waals surface area contributed by atoms with Crippen LogP contribution >= 0.6 is 15.9 Å². The van der Waals surface area contributed by atoms with Gasteiger partial charge in [0, 0.05) is 17.3 Å². The Labute approximate surface area is 158 Å². The number of rotatable bonds is 6. The molecule has 0 unspecified atom stereocenters. The molecule has 2 N–H and O–H groups in total. The summed E-state index contributed by atoms with van der Waals surface area (Å²) in [7, 11) is 0. The first-order valence-electron chi connectivity index (χ1n) is 7.88. The zero-order chi connectivity index (χ0) is 18.4. The number of hydrogen-bond donors (Lipinski definition) is 2. The number of benzene rings is 2. The summed E-state index contributed by atoms with van der Waals surface area (Å²) < 4.78 is 11.3. The maximum absolute atomic E-state index is 11.9. The highest BCUT2D eigenvalue weighted by Gasteiger charge is 2.12. The number of nitrogens with zero attached hydrogens (tertiary/aromatic N) is 1. The number of carbonyl (C=O) groups is 2. The highest BCUT2D eigenvalue weighted by Crippen LogP contribution is 2.31. The number of fused-ring (bicyclic) bond motifs is 1. The van der Waals surface area contributed by atoms with Gasteiger partial charge in [0.15, 0.2) is 11.5 Å². The second-order valence-corrected chi connectivity index (χ2v) is 6.29. The van der Waals surface area contributed by atoms with Gasteiger partial charge in [-0.15, -0.1) is 0 Å². The Morgan fingerprint density at radius 3 is 2.69 bits per heavy atom. The van der Waals surface area contributed by atoms with Crippen LogP contribution in [-0.4, -0.2) is 24.8 Å². The van der Waals surface area contributed by atoms with E-state index in [0.717, 1.165) is 10.0 Å². The van der Waals surface area contributed by atoms with Crippen LogP contribution in [0.4, 0.5) is 5.69 Å². The van der Waals surface area contributed by atoms with Crippen LogP contribution < -0.4 is 20.2 Å². The van der Waals surface area contributed by atoms with Gasteiger partial charge in [0.1, 0.15) is 0 Å². The Hall–Kier alpha value is -2.87. The summed E-state index contributed by atoms with van der Waals surface area (Å²) in [5.74, 6) is 0.738. The third-order valence-electron chi connectivity index (χ3n) is 3.53. The smallest absolute Gasteiger partial charge is 0.240 e. The van der Waals surface area contributed by atoms with Crippen molar-refractivity contribution in [2.45, 2.75) is 12.8 Å². The van der Waals surface area contributed by atoms with Gasteiger partial charge < -0.3 is 14.8 Å². The Morgan fingerprint density at radius 1 is 1.08 bits per heavy atom. The molecule has 134 valence electrons. The van der Waals surface area contributed by atoms with E-state index < -0.39 is 0 Å². The van der Waals surface area contributed by atoms with Gasteiger partial charge in [-0.1, -0.05) is 12.1 Å². The predicted molar refractivity (Wildman–Crippen MR) is 100 cm³/mol. The molecular formula is C18H16BrN3O4. The van der Waals surface area contributed by atoms with E-state index in [4.69, 9.17) is 9.47 Å². The van der Waals surface area contributed by atoms with Gasteiger partial charge in [-0.3, -0.25) is 9.59 Å². The number of ether oxygens (including phenoxy) is 2. The number of carbonyl (C=O) groups excluding carboxylic acids is 2. The van der Waals surface area contributed by atoms with Crippen molar-refractivity contribution in [2.75, 3.05) is 12.1 Å². The molecule has 0 aromatic heterocycles. The van der Waals surface area contributed by atoms with Crippen LogP contribution in [0.3, 0.4) is 0 Å². The zero-order valence-corrected chi connectivity index (χ0v) is 15.3. The molecule has 0 aliphatic carbocycles. The molecule has 26 heavy (non-hydrogen) atoms. The van der Waals surface area contributed by atoms with E-state index in [1.54, 1.807) is 24.3 Å². The fourth-order valence-electron chi connectivity index (χ4n) is 2.23. The van der Waals surface area contributed by atoms with Gasteiger partial charge in [0.25, 0.3) is 0 Å². The molecule has 7 nitrogen and oxygen atoms in total. The summed E-state index contributed by atoms with van der Waals surface area (Å²) in [5.41, 5.74) is 3.83. The van der Waals surface area contributed by atoms with E-state index in [2.05, 4.69) is 31.8 Å². The molecule has 0 saturated heterocycles. The van der Waals surface area contributed by atoms with Crippen LogP contribution in [-0.2, 0) is 9.59 Å². The van der Waals surface area contributed by atoms with Crippen molar-refractivity contribution in [1.82, 2.24) is 5.43 Å². The third kappa shape index (κ3) is 4.82. The largest absolute Gasteiger partial charge is 0.454 e. The molecule has 8 heteroatoms. The van der Waals surface area contributed by atoms with E-state index in [1.165, 1.54) is 6.21 Å². The monoisotopic (exact) mass is 417 g/mol. The Bertz CT molecular complexity index is 854. The molecule has 0 fully saturated rings. The zero-order valence-electron chi connectivity index (χ0n) is 13.7. The Balaban J connectivity index is 1.42. The molecular weight excluding hydrogens is 402 g/mol. The summed E-state index contributed by atoms with van der Waals surface area (Å²) in [6, 6.07) is 12.6. The van der Waals surface area contributed by atoms with Crippen LogP contribution in [0.2, 0.25) is 0 Å². The average Bonchev–Trinajstić information content (AvgIpc) is 3.10. The molecule has 0 radical (unpaired) electrons. The number of para-hydroxylation sites is 1. The van der Waals surface area contributed by atoms with Crippen LogP contribution in [0.15, 0.2) is 52.0 Å². The highest BCUT2D eigenvalue weighted by atomic mass is 79.9. The van der Waals surface area contributed by atoms with E-state index in [9.17, 15) is 9.59 Å². The number of hydrazone groups is 1. The molecule has 1 aliphatic rings. The molecule has 2 aromatic carbocycles. The van der Waals surface area contributed by atoms with Gasteiger partial charge in [-0.2, -0.15) is 5.10 Å². The molecule has 2 aromatic rings. The summed E-state index contributed by atoms with van der Waals surface area (Å²) in [5, 5.41) is 6.62. The minimum Gasteiger partial charge on any atom is -0.454 e. The number of hydrogen-bond acceptors (Lipinski definition) is 5. The Morgan fingerprint density at radius 2 is 1.85 bits per heavy atom. The van der Waals surface area contributed by atoms with Gasteiger partial charge in [0.05, 0.1) is 11.9 Å².